The van der Waals surface area contributed by atoms with Crippen LogP contribution in [-0.4, -0.2) is 19.2 Å². The van der Waals surface area contributed by atoms with Gasteiger partial charge in [0.05, 0.1) is 17.6 Å². The summed E-state index contributed by atoms with van der Waals surface area (Å²) in [6.45, 7) is 8.16. The van der Waals surface area contributed by atoms with Crippen LogP contribution in [0.2, 0.25) is 0 Å². The Balaban J connectivity index is 2.10. The zero-order chi connectivity index (χ0) is 17.7. The van der Waals surface area contributed by atoms with E-state index in [-0.39, 0.29) is 5.75 Å². The lowest BCUT2D eigenvalue weighted by Gasteiger charge is -2.14. The van der Waals surface area contributed by atoms with Gasteiger partial charge in [-0.05, 0) is 50.5 Å². The molecule has 130 valence electrons. The Hall–Kier alpha value is -2.08. The molecule has 0 saturated heterocycles. The van der Waals surface area contributed by atoms with Crippen LogP contribution >= 0.6 is 0 Å². The fraction of sp³-hybridized carbons (Fsp3) is 0.389. The highest BCUT2D eigenvalue weighted by Gasteiger charge is 2.10. The summed E-state index contributed by atoms with van der Waals surface area (Å²) in [5, 5.41) is 3.35. The van der Waals surface area contributed by atoms with E-state index in [1.807, 2.05) is 13.0 Å². The number of benzene rings is 1. The van der Waals surface area contributed by atoms with E-state index in [0.717, 1.165) is 28.9 Å². The van der Waals surface area contributed by atoms with Crippen LogP contribution < -0.4 is 10.0 Å². The summed E-state index contributed by atoms with van der Waals surface area (Å²) in [6, 6.07) is 7.74. The maximum absolute atomic E-state index is 11.9. The molecule has 2 aromatic rings. The van der Waals surface area contributed by atoms with Crippen LogP contribution in [0.3, 0.4) is 0 Å². The molecule has 6 heteroatoms. The van der Waals surface area contributed by atoms with Crippen LogP contribution in [0.15, 0.2) is 30.5 Å². The minimum absolute atomic E-state index is 0.118. The quantitative estimate of drug-likeness (QED) is 0.784. The number of hydrogen-bond acceptors (Lipinski definition) is 4. The minimum atomic E-state index is -3.32. The molecule has 0 aliphatic heterocycles. The van der Waals surface area contributed by atoms with Crippen molar-refractivity contribution in [3.05, 3.63) is 47.2 Å². The summed E-state index contributed by atoms with van der Waals surface area (Å²) < 4.78 is 26.3. The molecule has 0 atom stereocenters. The number of pyridine rings is 1. The number of aryl methyl sites for hydroxylation is 3. The summed E-state index contributed by atoms with van der Waals surface area (Å²) >= 11 is 0. The summed E-state index contributed by atoms with van der Waals surface area (Å²) in [5.41, 5.74) is 5.43. The number of nitrogens with zero attached hydrogens (tertiary/aromatic N) is 1. The van der Waals surface area contributed by atoms with Gasteiger partial charge in [-0.15, -0.1) is 0 Å². The van der Waals surface area contributed by atoms with Crippen molar-refractivity contribution in [1.29, 1.82) is 0 Å². The molecule has 2 rings (SSSR count). The van der Waals surface area contributed by atoms with E-state index < -0.39 is 10.0 Å². The lowest BCUT2D eigenvalue weighted by atomic mass is 10.1. The summed E-state index contributed by atoms with van der Waals surface area (Å²) in [4.78, 5) is 4.19. The molecule has 5 nitrogen and oxygen atoms in total. The third kappa shape index (κ3) is 4.96. The lowest BCUT2D eigenvalue weighted by molar-refractivity contribution is 0.597. The van der Waals surface area contributed by atoms with E-state index in [1.165, 1.54) is 5.56 Å². The van der Waals surface area contributed by atoms with E-state index in [4.69, 9.17) is 0 Å². The monoisotopic (exact) mass is 347 g/mol. The second-order valence-electron chi connectivity index (χ2n) is 6.11. The predicted molar refractivity (Wildman–Crippen MR) is 100 cm³/mol. The van der Waals surface area contributed by atoms with Crippen molar-refractivity contribution in [2.75, 3.05) is 15.8 Å². The van der Waals surface area contributed by atoms with Crippen molar-refractivity contribution in [3.63, 3.8) is 0 Å². The van der Waals surface area contributed by atoms with Gasteiger partial charge in [-0.2, -0.15) is 0 Å². The summed E-state index contributed by atoms with van der Waals surface area (Å²) in [7, 11) is -3.32. The van der Waals surface area contributed by atoms with Gasteiger partial charge in [-0.1, -0.05) is 31.0 Å². The topological polar surface area (TPSA) is 71.1 Å². The first-order chi connectivity index (χ1) is 11.3. The number of aromatic nitrogens is 1. The first-order valence-corrected chi connectivity index (χ1v) is 9.77. The van der Waals surface area contributed by atoms with Crippen LogP contribution in [-0.2, 0) is 10.0 Å². The Morgan fingerprint density at radius 2 is 1.75 bits per heavy atom. The number of rotatable bonds is 7. The second-order valence-corrected chi connectivity index (χ2v) is 7.95. The van der Waals surface area contributed by atoms with E-state index >= 15 is 0 Å². The zero-order valence-electron chi connectivity index (χ0n) is 14.7. The fourth-order valence-corrected chi connectivity index (χ4v) is 3.80. The lowest BCUT2D eigenvalue weighted by Crippen LogP contribution is -2.17. The molecular weight excluding hydrogens is 322 g/mol. The van der Waals surface area contributed by atoms with Crippen molar-refractivity contribution < 1.29 is 8.42 Å². The summed E-state index contributed by atoms with van der Waals surface area (Å²) in [6.07, 6.45) is 3.11. The van der Waals surface area contributed by atoms with Crippen molar-refractivity contribution >= 4 is 27.2 Å². The molecule has 0 aliphatic carbocycles. The fourth-order valence-electron chi connectivity index (χ4n) is 2.59. The van der Waals surface area contributed by atoms with Crippen molar-refractivity contribution in [3.8, 4) is 0 Å². The SMILES string of the molecule is CCCCS(=O)(=O)Nc1ccc(Nc2c(C)cc(C)cc2C)cn1. The molecule has 0 bridgehead atoms. The molecule has 0 spiro atoms. The van der Waals surface area contributed by atoms with Gasteiger partial charge in [0.15, 0.2) is 0 Å². The summed E-state index contributed by atoms with van der Waals surface area (Å²) in [5.74, 6) is 0.460. The molecule has 0 aliphatic rings. The number of nitrogens with one attached hydrogen (secondary N) is 2. The molecule has 2 N–H and O–H groups in total. The van der Waals surface area contributed by atoms with Gasteiger partial charge in [-0.3, -0.25) is 4.72 Å². The van der Waals surface area contributed by atoms with Gasteiger partial charge >= 0.3 is 0 Å². The molecule has 0 unspecified atom stereocenters. The van der Waals surface area contributed by atoms with Gasteiger partial charge in [0.1, 0.15) is 5.82 Å². The molecule has 1 aromatic carbocycles. The van der Waals surface area contributed by atoms with Gasteiger partial charge in [0.25, 0.3) is 0 Å². The van der Waals surface area contributed by atoms with Gasteiger partial charge < -0.3 is 5.32 Å². The third-order valence-corrected chi connectivity index (χ3v) is 5.08. The van der Waals surface area contributed by atoms with Crippen molar-refractivity contribution in [1.82, 2.24) is 4.98 Å². The van der Waals surface area contributed by atoms with Crippen LogP contribution in [0.5, 0.6) is 0 Å². The Morgan fingerprint density at radius 1 is 1.08 bits per heavy atom. The van der Waals surface area contributed by atoms with Gasteiger partial charge in [-0.25, -0.2) is 13.4 Å². The van der Waals surface area contributed by atoms with E-state index in [2.05, 4.69) is 47.9 Å². The maximum Gasteiger partial charge on any atom is 0.233 e. The van der Waals surface area contributed by atoms with E-state index in [9.17, 15) is 8.42 Å². The van der Waals surface area contributed by atoms with E-state index in [0.29, 0.717) is 12.2 Å². The average Bonchev–Trinajstić information content (AvgIpc) is 2.50. The number of sulfonamides is 1. The van der Waals surface area contributed by atoms with Crippen molar-refractivity contribution in [2.24, 2.45) is 0 Å². The molecule has 24 heavy (non-hydrogen) atoms. The smallest absolute Gasteiger partial charge is 0.233 e. The van der Waals surface area contributed by atoms with E-state index in [1.54, 1.807) is 12.3 Å². The minimum Gasteiger partial charge on any atom is -0.354 e. The first kappa shape index (κ1) is 18.3. The van der Waals surface area contributed by atoms with Crippen molar-refractivity contribution in [2.45, 2.75) is 40.5 Å². The van der Waals surface area contributed by atoms with Gasteiger partial charge in [0, 0.05) is 5.69 Å². The molecule has 0 fully saturated rings. The molecule has 0 radical (unpaired) electrons. The molecule has 0 saturated carbocycles. The van der Waals surface area contributed by atoms with Crippen LogP contribution in [0.25, 0.3) is 0 Å². The standard InChI is InChI=1S/C18H25N3O2S/c1-5-6-9-24(22,23)21-17-8-7-16(12-19-17)20-18-14(3)10-13(2)11-15(18)4/h7-8,10-12,20H,5-6,9H2,1-4H3,(H,19,21). The average molecular weight is 347 g/mol. The Labute approximate surface area is 144 Å². The molecular formula is C18H25N3O2S. The normalized spacial score (nSPS) is 11.3. The van der Waals surface area contributed by atoms with Crippen LogP contribution in [0.4, 0.5) is 17.2 Å². The number of hydrogen-bond donors (Lipinski definition) is 2. The zero-order valence-corrected chi connectivity index (χ0v) is 15.5. The Bertz CT molecular complexity index is 777. The largest absolute Gasteiger partial charge is 0.354 e. The van der Waals surface area contributed by atoms with Crippen LogP contribution in [0, 0.1) is 20.8 Å². The predicted octanol–water partition coefficient (Wildman–Crippen LogP) is 4.29. The molecule has 1 aromatic heterocycles. The highest BCUT2D eigenvalue weighted by molar-refractivity contribution is 7.92. The molecule has 1 heterocycles. The highest BCUT2D eigenvalue weighted by Crippen LogP contribution is 2.26. The maximum atomic E-state index is 11.9. The molecule has 0 amide bonds. The first-order valence-electron chi connectivity index (χ1n) is 8.12. The second kappa shape index (κ2) is 7.66. The number of anilines is 3. The Kier molecular flexibility index (Phi) is 5.83. The van der Waals surface area contributed by atoms with Crippen LogP contribution in [0.1, 0.15) is 36.5 Å². The Morgan fingerprint density at radius 3 is 2.29 bits per heavy atom. The highest BCUT2D eigenvalue weighted by atomic mass is 32.2. The van der Waals surface area contributed by atoms with Gasteiger partial charge in [0.2, 0.25) is 10.0 Å². The number of unbranched alkanes of at least 4 members (excludes halogenated alkanes) is 1. The third-order valence-electron chi connectivity index (χ3n) is 3.74.